The van der Waals surface area contributed by atoms with E-state index in [-0.39, 0.29) is 5.41 Å². The third kappa shape index (κ3) is 4.40. The Balaban J connectivity index is 1.16. The molecule has 11 rings (SSSR count). The molecule has 5 heteroatoms. The molecule has 0 N–H and O–H groups in total. The molecule has 0 radical (unpaired) electrons. The van der Waals surface area contributed by atoms with Crippen LogP contribution in [-0.4, -0.2) is 19.5 Å². The monoisotopic (exact) mass is 680 g/mol. The first-order chi connectivity index (χ1) is 26.0. The highest BCUT2D eigenvalue weighted by Gasteiger charge is 2.35. The Morgan fingerprint density at radius 3 is 2.04 bits per heavy atom. The maximum atomic E-state index is 6.43. The predicted molar refractivity (Wildman–Crippen MR) is 215 cm³/mol. The first-order valence-electron chi connectivity index (χ1n) is 18.0. The Bertz CT molecular complexity index is 3080. The fourth-order valence-electron chi connectivity index (χ4n) is 8.48. The molecular formula is C48H32N4O. The average Bonchev–Trinajstić information content (AvgIpc) is 3.86. The maximum Gasteiger partial charge on any atom is 0.252 e. The van der Waals surface area contributed by atoms with Crippen LogP contribution in [0.25, 0.3) is 94.7 Å². The fraction of sp³-hybridized carbons (Fsp3) is 0.0625. The van der Waals surface area contributed by atoms with Crippen LogP contribution in [0.5, 0.6) is 0 Å². The van der Waals surface area contributed by atoms with Crippen LogP contribution in [0.15, 0.2) is 162 Å². The van der Waals surface area contributed by atoms with Crippen molar-refractivity contribution >= 4 is 43.8 Å². The molecule has 0 spiro atoms. The van der Waals surface area contributed by atoms with Gasteiger partial charge in [0.05, 0.1) is 11.0 Å². The summed E-state index contributed by atoms with van der Waals surface area (Å²) in [5.74, 6) is 1.05. The summed E-state index contributed by atoms with van der Waals surface area (Å²) in [6.07, 6.45) is 0. The third-order valence-corrected chi connectivity index (χ3v) is 11.1. The molecule has 250 valence electrons. The van der Waals surface area contributed by atoms with Crippen molar-refractivity contribution < 1.29 is 4.42 Å². The zero-order valence-corrected chi connectivity index (χ0v) is 29.2. The van der Waals surface area contributed by atoms with Gasteiger partial charge in [-0.2, -0.15) is 4.98 Å². The summed E-state index contributed by atoms with van der Waals surface area (Å²) < 4.78 is 8.61. The summed E-state index contributed by atoms with van der Waals surface area (Å²) in [6.45, 7) is 4.67. The van der Waals surface area contributed by atoms with Gasteiger partial charge in [0.15, 0.2) is 5.52 Å². The van der Waals surface area contributed by atoms with Crippen molar-refractivity contribution in [1.82, 2.24) is 19.5 Å². The maximum absolute atomic E-state index is 6.43. The third-order valence-electron chi connectivity index (χ3n) is 11.1. The van der Waals surface area contributed by atoms with Crippen molar-refractivity contribution in [3.8, 4) is 50.9 Å². The lowest BCUT2D eigenvalue weighted by Crippen LogP contribution is -2.14. The predicted octanol–water partition coefficient (Wildman–Crippen LogP) is 12.2. The molecule has 0 saturated heterocycles. The molecular weight excluding hydrogens is 649 g/mol. The Hall–Kier alpha value is -6.85. The molecule has 0 unspecified atom stereocenters. The van der Waals surface area contributed by atoms with Crippen LogP contribution in [0.4, 0.5) is 0 Å². The summed E-state index contributed by atoms with van der Waals surface area (Å²) in [5.41, 5.74) is 13.4. The lowest BCUT2D eigenvalue weighted by atomic mass is 9.81. The fourth-order valence-corrected chi connectivity index (χ4v) is 8.48. The molecule has 10 aromatic rings. The molecule has 1 aliphatic carbocycles. The highest BCUT2D eigenvalue weighted by molar-refractivity contribution is 6.21. The van der Waals surface area contributed by atoms with Gasteiger partial charge in [0.25, 0.3) is 5.71 Å². The SMILES string of the molecule is CC1(C)c2ccccc2-c2ccc(-c3ccc4c(c3)c3c5ccccc5ccc3n4-c3nc(-c4ccccc4)c4nc(-c5ccccc5)oc4n3)cc21. The van der Waals surface area contributed by atoms with Crippen molar-refractivity contribution in [2.75, 3.05) is 0 Å². The number of hydrogen-bond acceptors (Lipinski definition) is 4. The summed E-state index contributed by atoms with van der Waals surface area (Å²) in [7, 11) is 0. The van der Waals surface area contributed by atoms with Gasteiger partial charge < -0.3 is 4.42 Å². The van der Waals surface area contributed by atoms with E-state index < -0.39 is 0 Å². The van der Waals surface area contributed by atoms with Gasteiger partial charge in [-0.1, -0.05) is 135 Å². The summed E-state index contributed by atoms with van der Waals surface area (Å²) >= 11 is 0. The normalized spacial score (nSPS) is 13.2. The summed E-state index contributed by atoms with van der Waals surface area (Å²) in [4.78, 5) is 15.3. The van der Waals surface area contributed by atoms with E-state index in [1.54, 1.807) is 0 Å². The van der Waals surface area contributed by atoms with E-state index in [1.165, 1.54) is 49.5 Å². The van der Waals surface area contributed by atoms with Crippen LogP contribution in [-0.2, 0) is 5.41 Å². The Labute approximate surface area is 305 Å². The van der Waals surface area contributed by atoms with Gasteiger partial charge in [0, 0.05) is 27.3 Å². The highest BCUT2D eigenvalue weighted by atomic mass is 16.4. The van der Waals surface area contributed by atoms with Crippen LogP contribution in [0, 0.1) is 0 Å². The highest BCUT2D eigenvalue weighted by Crippen LogP contribution is 2.50. The van der Waals surface area contributed by atoms with E-state index in [0.29, 0.717) is 23.1 Å². The van der Waals surface area contributed by atoms with Gasteiger partial charge in [-0.05, 0) is 80.6 Å². The van der Waals surface area contributed by atoms with Crippen molar-refractivity contribution in [2.24, 2.45) is 0 Å². The van der Waals surface area contributed by atoms with Crippen LogP contribution in [0.3, 0.4) is 0 Å². The van der Waals surface area contributed by atoms with Crippen molar-refractivity contribution in [3.63, 3.8) is 0 Å². The molecule has 1 aliphatic rings. The van der Waals surface area contributed by atoms with Gasteiger partial charge in [0.2, 0.25) is 11.8 Å². The van der Waals surface area contributed by atoms with Crippen molar-refractivity contribution in [1.29, 1.82) is 0 Å². The van der Waals surface area contributed by atoms with E-state index >= 15 is 0 Å². The minimum atomic E-state index is -0.0776. The van der Waals surface area contributed by atoms with Gasteiger partial charge in [-0.15, -0.1) is 0 Å². The van der Waals surface area contributed by atoms with Gasteiger partial charge in [-0.3, -0.25) is 4.57 Å². The summed E-state index contributed by atoms with van der Waals surface area (Å²) in [5, 5.41) is 4.68. The minimum Gasteiger partial charge on any atom is -0.417 e. The zero-order chi connectivity index (χ0) is 35.3. The number of benzene rings is 7. The van der Waals surface area contributed by atoms with Crippen LogP contribution in [0.2, 0.25) is 0 Å². The summed E-state index contributed by atoms with van der Waals surface area (Å²) in [6, 6.07) is 55.7. The number of nitrogens with zero attached hydrogens (tertiary/aromatic N) is 4. The number of hydrogen-bond donors (Lipinski definition) is 0. The number of rotatable bonds is 4. The lowest BCUT2D eigenvalue weighted by Gasteiger charge is -2.22. The van der Waals surface area contributed by atoms with Crippen molar-refractivity contribution in [2.45, 2.75) is 19.3 Å². The van der Waals surface area contributed by atoms with Crippen LogP contribution >= 0.6 is 0 Å². The van der Waals surface area contributed by atoms with Crippen LogP contribution in [0.1, 0.15) is 25.0 Å². The van der Waals surface area contributed by atoms with E-state index in [0.717, 1.165) is 33.2 Å². The first kappa shape index (κ1) is 29.8. The Morgan fingerprint density at radius 2 is 1.19 bits per heavy atom. The second-order valence-electron chi connectivity index (χ2n) is 14.5. The molecule has 7 aromatic carbocycles. The second kappa shape index (κ2) is 11.1. The zero-order valence-electron chi connectivity index (χ0n) is 29.2. The molecule has 3 heterocycles. The van der Waals surface area contributed by atoms with Crippen molar-refractivity contribution in [3.05, 3.63) is 169 Å². The molecule has 0 atom stereocenters. The molecule has 0 amide bonds. The van der Waals surface area contributed by atoms with E-state index in [9.17, 15) is 0 Å². The minimum absolute atomic E-state index is 0.0776. The Morgan fingerprint density at radius 1 is 0.509 bits per heavy atom. The standard InChI is InChI=1S/C48H32N4O/c1-48(2)38-20-12-11-19-35(38)36-24-21-33(28-39(36)48)32-23-25-40-37(27-32)42-34-18-10-9-13-29(34)22-26-41(42)52(40)47-50-43(30-14-5-3-6-15-30)44-46(51-47)53-45(49-44)31-16-7-4-8-17-31/h3-28H,1-2H3. The van der Waals surface area contributed by atoms with E-state index in [2.05, 4.69) is 128 Å². The topological polar surface area (TPSA) is 56.7 Å². The molecule has 53 heavy (non-hydrogen) atoms. The Kier molecular flexibility index (Phi) is 6.23. The first-order valence-corrected chi connectivity index (χ1v) is 18.0. The average molecular weight is 681 g/mol. The molecule has 0 fully saturated rings. The molecule has 0 bridgehead atoms. The molecule has 0 aliphatic heterocycles. The van der Waals surface area contributed by atoms with Gasteiger partial charge in [-0.25, -0.2) is 9.97 Å². The van der Waals surface area contributed by atoms with E-state index in [4.69, 9.17) is 19.4 Å². The smallest absolute Gasteiger partial charge is 0.252 e. The quantitative estimate of drug-likeness (QED) is 0.186. The lowest BCUT2D eigenvalue weighted by molar-refractivity contribution is 0.606. The number of aromatic nitrogens is 4. The second-order valence-corrected chi connectivity index (χ2v) is 14.5. The number of oxazole rings is 1. The van der Waals surface area contributed by atoms with E-state index in [1.807, 2.05) is 48.5 Å². The largest absolute Gasteiger partial charge is 0.417 e. The molecule has 3 aromatic heterocycles. The molecule has 0 saturated carbocycles. The van der Waals surface area contributed by atoms with Gasteiger partial charge in [0.1, 0.15) is 5.69 Å². The molecule has 5 nitrogen and oxygen atoms in total. The number of fused-ring (bicyclic) bond motifs is 9. The van der Waals surface area contributed by atoms with Gasteiger partial charge >= 0.3 is 0 Å². The van der Waals surface area contributed by atoms with Crippen LogP contribution < -0.4 is 0 Å².